The Labute approximate surface area is 179 Å². The number of imidazole rings is 1. The van der Waals surface area contributed by atoms with Crippen molar-refractivity contribution in [1.29, 1.82) is 0 Å². The molecule has 8 saturated carbocycles. The minimum Gasteiger partial charge on any atom is -0.461 e. The Hall–Kier alpha value is -1.32. The van der Waals surface area contributed by atoms with Crippen molar-refractivity contribution in [3.8, 4) is 0 Å². The number of nitrogens with one attached hydrogen (secondary N) is 1. The Morgan fingerprint density at radius 3 is 1.97 bits per heavy atom. The fourth-order valence-corrected chi connectivity index (χ4v) is 10.0. The number of aromatic amines is 1. The van der Waals surface area contributed by atoms with Gasteiger partial charge >= 0.3 is 5.97 Å². The van der Waals surface area contributed by atoms with E-state index in [0.717, 1.165) is 47.2 Å². The second kappa shape index (κ2) is 6.36. The van der Waals surface area contributed by atoms with E-state index in [0.29, 0.717) is 18.2 Å². The maximum atomic E-state index is 13.0. The van der Waals surface area contributed by atoms with Gasteiger partial charge in [0.25, 0.3) is 0 Å². The highest BCUT2D eigenvalue weighted by Crippen LogP contribution is 2.62. The Bertz CT molecular complexity index is 807. The van der Waals surface area contributed by atoms with Gasteiger partial charge in [-0.1, -0.05) is 0 Å². The van der Waals surface area contributed by atoms with Crippen LogP contribution in [0.1, 0.15) is 105 Å². The van der Waals surface area contributed by atoms with Crippen LogP contribution in [-0.4, -0.2) is 22.5 Å². The summed E-state index contributed by atoms with van der Waals surface area (Å²) in [5.74, 6) is 7.53. The molecule has 4 nitrogen and oxygen atoms in total. The van der Waals surface area contributed by atoms with Gasteiger partial charge in [-0.2, -0.15) is 0 Å². The first-order valence-electron chi connectivity index (χ1n) is 12.9. The Balaban J connectivity index is 1.30. The summed E-state index contributed by atoms with van der Waals surface area (Å²) in [6.45, 7) is 2.34. The van der Waals surface area contributed by atoms with Crippen molar-refractivity contribution < 1.29 is 9.53 Å². The van der Waals surface area contributed by atoms with Crippen LogP contribution in [0.25, 0.3) is 0 Å². The second-order valence-corrected chi connectivity index (χ2v) is 12.2. The van der Waals surface area contributed by atoms with E-state index in [1.54, 1.807) is 0 Å². The smallest absolute Gasteiger partial charge is 0.358 e. The van der Waals surface area contributed by atoms with Crippen molar-refractivity contribution in [3.63, 3.8) is 0 Å². The van der Waals surface area contributed by atoms with Crippen LogP contribution in [0.5, 0.6) is 0 Å². The Morgan fingerprint density at radius 1 is 0.900 bits per heavy atom. The third-order valence-electron chi connectivity index (χ3n) is 10.3. The van der Waals surface area contributed by atoms with E-state index in [9.17, 15) is 4.79 Å². The molecule has 1 N–H and O–H groups in total. The monoisotopic (exact) mass is 408 g/mol. The molecule has 0 atom stereocenters. The SMILES string of the molecule is CCOC(=O)c1nc(C23CC4CC(CC(C4)C2)C3)[nH]c1C1C2CC3CC(C2)CC1C3. The molecule has 0 unspecified atom stereocenters. The number of aromatic nitrogens is 2. The van der Waals surface area contributed by atoms with E-state index in [-0.39, 0.29) is 11.4 Å². The van der Waals surface area contributed by atoms with Crippen molar-refractivity contribution in [3.05, 3.63) is 17.2 Å². The second-order valence-electron chi connectivity index (χ2n) is 12.2. The zero-order valence-corrected chi connectivity index (χ0v) is 18.4. The van der Waals surface area contributed by atoms with Crippen LogP contribution < -0.4 is 0 Å². The summed E-state index contributed by atoms with van der Waals surface area (Å²) in [7, 11) is 0. The number of hydrogen-bond donors (Lipinski definition) is 1. The average Bonchev–Trinajstić information content (AvgIpc) is 3.12. The molecule has 0 radical (unpaired) electrons. The van der Waals surface area contributed by atoms with E-state index in [2.05, 4.69) is 4.98 Å². The molecule has 162 valence electrons. The van der Waals surface area contributed by atoms with E-state index < -0.39 is 0 Å². The first kappa shape index (κ1) is 18.3. The minimum absolute atomic E-state index is 0.187. The van der Waals surface area contributed by atoms with Crippen LogP contribution >= 0.6 is 0 Å². The lowest BCUT2D eigenvalue weighted by Gasteiger charge is -2.56. The quantitative estimate of drug-likeness (QED) is 0.660. The first-order valence-corrected chi connectivity index (χ1v) is 12.9. The molecule has 0 aliphatic heterocycles. The topological polar surface area (TPSA) is 55.0 Å². The molecule has 1 aromatic heterocycles. The van der Waals surface area contributed by atoms with Crippen LogP contribution in [0.2, 0.25) is 0 Å². The maximum absolute atomic E-state index is 13.0. The van der Waals surface area contributed by atoms with Crippen molar-refractivity contribution in [2.75, 3.05) is 6.61 Å². The highest BCUT2D eigenvalue weighted by Gasteiger charge is 2.55. The highest BCUT2D eigenvalue weighted by molar-refractivity contribution is 5.89. The van der Waals surface area contributed by atoms with Crippen LogP contribution in [-0.2, 0) is 10.2 Å². The molecule has 0 amide bonds. The zero-order valence-electron chi connectivity index (χ0n) is 18.4. The van der Waals surface area contributed by atoms with Crippen LogP contribution in [0.4, 0.5) is 0 Å². The average molecular weight is 409 g/mol. The lowest BCUT2D eigenvalue weighted by molar-refractivity contribution is -0.0107. The van der Waals surface area contributed by atoms with E-state index >= 15 is 0 Å². The lowest BCUT2D eigenvalue weighted by Crippen LogP contribution is -2.49. The van der Waals surface area contributed by atoms with Crippen LogP contribution in [0, 0.1) is 41.4 Å². The lowest BCUT2D eigenvalue weighted by atomic mass is 9.49. The number of esters is 1. The molecule has 1 aromatic rings. The number of carbonyl (C=O) groups excluding carboxylic acids is 1. The summed E-state index contributed by atoms with van der Waals surface area (Å²) in [4.78, 5) is 22.1. The molecular formula is C26H36N2O2. The van der Waals surface area contributed by atoms with Gasteiger partial charge in [0.2, 0.25) is 0 Å². The third-order valence-corrected chi connectivity index (χ3v) is 10.3. The fourth-order valence-electron chi connectivity index (χ4n) is 10.0. The van der Waals surface area contributed by atoms with Gasteiger partial charge in [-0.05, 0) is 119 Å². The molecule has 30 heavy (non-hydrogen) atoms. The standard InChI is InChI=1S/C26H36N2O2/c1-2-30-24(29)23-22(21-19-7-14-3-15(9-19)10-20(21)8-14)27-25(28-23)26-11-16-4-17(12-26)6-18(5-16)13-26/h14-21H,2-13H2,1H3,(H,27,28). The summed E-state index contributed by atoms with van der Waals surface area (Å²) in [5, 5.41) is 0. The molecule has 0 saturated heterocycles. The predicted molar refractivity (Wildman–Crippen MR) is 114 cm³/mol. The molecule has 8 aliphatic rings. The predicted octanol–water partition coefficient (Wildman–Crippen LogP) is 5.59. The van der Waals surface area contributed by atoms with Crippen LogP contribution in [0.3, 0.4) is 0 Å². The summed E-state index contributed by atoms with van der Waals surface area (Å²) in [6.07, 6.45) is 15.1. The summed E-state index contributed by atoms with van der Waals surface area (Å²) < 4.78 is 5.52. The van der Waals surface area contributed by atoms with Gasteiger partial charge in [0.15, 0.2) is 5.69 Å². The first-order chi connectivity index (χ1) is 14.6. The number of ether oxygens (including phenoxy) is 1. The van der Waals surface area contributed by atoms with Crippen molar-refractivity contribution in [2.45, 2.75) is 88.9 Å². The number of H-pyrrole nitrogens is 1. The third kappa shape index (κ3) is 2.57. The molecule has 0 spiro atoms. The van der Waals surface area contributed by atoms with E-state index in [1.807, 2.05) is 6.92 Å². The van der Waals surface area contributed by atoms with Crippen molar-refractivity contribution in [2.24, 2.45) is 41.4 Å². The molecule has 8 bridgehead atoms. The van der Waals surface area contributed by atoms with Crippen molar-refractivity contribution in [1.82, 2.24) is 9.97 Å². The summed E-state index contributed by atoms with van der Waals surface area (Å²) in [6, 6.07) is 0. The molecule has 8 fully saturated rings. The van der Waals surface area contributed by atoms with Gasteiger partial charge in [-0.15, -0.1) is 0 Å². The van der Waals surface area contributed by atoms with Gasteiger partial charge < -0.3 is 9.72 Å². The highest BCUT2D eigenvalue weighted by atomic mass is 16.5. The number of rotatable bonds is 4. The normalized spacial score (nSPS) is 47.8. The summed E-state index contributed by atoms with van der Waals surface area (Å²) in [5.41, 5.74) is 2.04. The van der Waals surface area contributed by atoms with Gasteiger partial charge in [-0.25, -0.2) is 9.78 Å². The molecule has 0 aromatic carbocycles. The largest absolute Gasteiger partial charge is 0.461 e. The molecule has 4 heteroatoms. The Morgan fingerprint density at radius 2 is 1.43 bits per heavy atom. The Kier molecular flexibility index (Phi) is 3.87. The molecule has 1 heterocycles. The molecule has 9 rings (SSSR count). The number of carbonyl (C=O) groups is 1. The summed E-state index contributed by atoms with van der Waals surface area (Å²) >= 11 is 0. The van der Waals surface area contributed by atoms with E-state index in [1.165, 1.54) is 76.3 Å². The van der Waals surface area contributed by atoms with Gasteiger partial charge in [0.1, 0.15) is 5.82 Å². The zero-order chi connectivity index (χ0) is 20.0. The van der Waals surface area contributed by atoms with Gasteiger partial charge in [-0.3, -0.25) is 0 Å². The minimum atomic E-state index is -0.187. The fraction of sp³-hybridized carbons (Fsp3) is 0.846. The van der Waals surface area contributed by atoms with Gasteiger partial charge in [0.05, 0.1) is 12.3 Å². The molecular weight excluding hydrogens is 372 g/mol. The van der Waals surface area contributed by atoms with Gasteiger partial charge in [0, 0.05) is 11.3 Å². The van der Waals surface area contributed by atoms with Crippen molar-refractivity contribution >= 4 is 5.97 Å². The molecule has 8 aliphatic carbocycles. The van der Waals surface area contributed by atoms with Crippen LogP contribution in [0.15, 0.2) is 0 Å². The number of nitrogens with zero attached hydrogens (tertiary/aromatic N) is 1. The van der Waals surface area contributed by atoms with E-state index in [4.69, 9.17) is 9.72 Å². The maximum Gasteiger partial charge on any atom is 0.358 e. The number of hydrogen-bond acceptors (Lipinski definition) is 3.